The van der Waals surface area contributed by atoms with Gasteiger partial charge in [0.25, 0.3) is 0 Å². The van der Waals surface area contributed by atoms with E-state index in [1.165, 1.54) is 18.2 Å². The number of benzene rings is 2. The van der Waals surface area contributed by atoms with Crippen molar-refractivity contribution in [3.8, 4) is 11.5 Å². The molecule has 1 aromatic heterocycles. The van der Waals surface area contributed by atoms with Crippen molar-refractivity contribution < 1.29 is 19.7 Å². The first kappa shape index (κ1) is 14.8. The minimum atomic E-state index is -0.609. The standard InChI is InChI=1S/C18H15NO4/c1-11(12-6-8-19-9-7-12)23-18(22)16-4-2-13-10-14(20)3-5-15(13)17(16)21/h2-11,20-21H,1H3/t11-/m1/s1. The van der Waals surface area contributed by atoms with Crippen LogP contribution in [0, 0.1) is 0 Å². The van der Waals surface area contributed by atoms with Crippen molar-refractivity contribution >= 4 is 16.7 Å². The summed E-state index contributed by atoms with van der Waals surface area (Å²) in [6.45, 7) is 1.75. The van der Waals surface area contributed by atoms with Gasteiger partial charge in [0.1, 0.15) is 23.2 Å². The average Bonchev–Trinajstić information content (AvgIpc) is 2.55. The van der Waals surface area contributed by atoms with Gasteiger partial charge in [-0.1, -0.05) is 6.07 Å². The van der Waals surface area contributed by atoms with Crippen LogP contribution in [-0.2, 0) is 4.74 Å². The van der Waals surface area contributed by atoms with Crippen LogP contribution in [0.2, 0.25) is 0 Å². The Hall–Kier alpha value is -3.08. The molecule has 0 bridgehead atoms. The summed E-state index contributed by atoms with van der Waals surface area (Å²) >= 11 is 0. The summed E-state index contributed by atoms with van der Waals surface area (Å²) in [5, 5.41) is 20.9. The molecule has 0 saturated carbocycles. The van der Waals surface area contributed by atoms with Gasteiger partial charge < -0.3 is 14.9 Å². The molecule has 0 radical (unpaired) electrons. The molecule has 0 saturated heterocycles. The van der Waals surface area contributed by atoms with Gasteiger partial charge in [-0.05, 0) is 54.3 Å². The lowest BCUT2D eigenvalue weighted by Gasteiger charge is -2.14. The fraction of sp³-hybridized carbons (Fsp3) is 0.111. The molecule has 0 spiro atoms. The van der Waals surface area contributed by atoms with Gasteiger partial charge in [-0.25, -0.2) is 4.79 Å². The molecule has 0 aliphatic heterocycles. The van der Waals surface area contributed by atoms with E-state index in [4.69, 9.17) is 4.74 Å². The highest BCUT2D eigenvalue weighted by Crippen LogP contribution is 2.32. The third-order valence-electron chi connectivity index (χ3n) is 3.65. The summed E-state index contributed by atoms with van der Waals surface area (Å²) in [6.07, 6.45) is 2.79. The maximum Gasteiger partial charge on any atom is 0.342 e. The molecule has 1 atom stereocenters. The van der Waals surface area contributed by atoms with E-state index in [-0.39, 0.29) is 17.1 Å². The van der Waals surface area contributed by atoms with Crippen LogP contribution < -0.4 is 0 Å². The Labute approximate surface area is 132 Å². The van der Waals surface area contributed by atoms with E-state index in [0.29, 0.717) is 10.8 Å². The van der Waals surface area contributed by atoms with Crippen molar-refractivity contribution in [2.75, 3.05) is 0 Å². The summed E-state index contributed by atoms with van der Waals surface area (Å²) in [6, 6.07) is 11.2. The number of phenolic OH excluding ortho intramolecular Hbond substituents is 2. The Kier molecular flexibility index (Phi) is 3.85. The smallest absolute Gasteiger partial charge is 0.342 e. The lowest BCUT2D eigenvalue weighted by molar-refractivity contribution is 0.0335. The van der Waals surface area contributed by atoms with Crippen molar-refractivity contribution in [1.29, 1.82) is 0 Å². The molecular formula is C18H15NO4. The number of nitrogens with zero attached hydrogens (tertiary/aromatic N) is 1. The number of hydrogen-bond donors (Lipinski definition) is 2. The maximum atomic E-state index is 12.3. The minimum absolute atomic E-state index is 0.0871. The second-order valence-corrected chi connectivity index (χ2v) is 5.20. The number of rotatable bonds is 3. The molecule has 2 aromatic carbocycles. The van der Waals surface area contributed by atoms with Gasteiger partial charge in [0.05, 0.1) is 0 Å². The highest BCUT2D eigenvalue weighted by atomic mass is 16.5. The first-order valence-corrected chi connectivity index (χ1v) is 7.12. The van der Waals surface area contributed by atoms with Crippen molar-refractivity contribution in [2.24, 2.45) is 0 Å². The second-order valence-electron chi connectivity index (χ2n) is 5.20. The predicted molar refractivity (Wildman–Crippen MR) is 85.3 cm³/mol. The summed E-state index contributed by atoms with van der Waals surface area (Å²) in [7, 11) is 0. The van der Waals surface area contributed by atoms with E-state index in [2.05, 4.69) is 4.98 Å². The number of ether oxygens (including phenoxy) is 1. The van der Waals surface area contributed by atoms with Crippen LogP contribution in [0.15, 0.2) is 54.9 Å². The quantitative estimate of drug-likeness (QED) is 0.723. The topological polar surface area (TPSA) is 79.7 Å². The Morgan fingerprint density at radius 2 is 1.83 bits per heavy atom. The number of carbonyl (C=O) groups excluding carboxylic acids is 1. The van der Waals surface area contributed by atoms with Crippen molar-refractivity contribution in [3.63, 3.8) is 0 Å². The van der Waals surface area contributed by atoms with Crippen LogP contribution in [0.1, 0.15) is 28.9 Å². The Balaban J connectivity index is 1.89. The molecule has 1 heterocycles. The van der Waals surface area contributed by atoms with Gasteiger partial charge in [0, 0.05) is 17.8 Å². The summed E-state index contributed by atoms with van der Waals surface area (Å²) in [5.41, 5.74) is 0.905. The average molecular weight is 309 g/mol. The molecule has 0 unspecified atom stereocenters. The van der Waals surface area contributed by atoms with Crippen LogP contribution in [-0.4, -0.2) is 21.2 Å². The lowest BCUT2D eigenvalue weighted by atomic mass is 10.0. The number of aromatic hydroxyl groups is 2. The first-order chi connectivity index (χ1) is 11.1. The summed E-state index contributed by atoms with van der Waals surface area (Å²) < 4.78 is 5.40. The maximum absolute atomic E-state index is 12.3. The van der Waals surface area contributed by atoms with E-state index in [9.17, 15) is 15.0 Å². The van der Waals surface area contributed by atoms with Crippen LogP contribution in [0.4, 0.5) is 0 Å². The van der Waals surface area contributed by atoms with Crippen LogP contribution in [0.25, 0.3) is 10.8 Å². The zero-order valence-corrected chi connectivity index (χ0v) is 12.4. The van der Waals surface area contributed by atoms with Gasteiger partial charge in [-0.2, -0.15) is 0 Å². The van der Waals surface area contributed by atoms with Gasteiger partial charge >= 0.3 is 5.97 Å². The van der Waals surface area contributed by atoms with Crippen molar-refractivity contribution in [3.05, 3.63) is 66.0 Å². The van der Waals surface area contributed by atoms with Crippen LogP contribution in [0.5, 0.6) is 11.5 Å². The summed E-state index contributed by atoms with van der Waals surface area (Å²) in [5.74, 6) is -0.672. The van der Waals surface area contributed by atoms with Crippen LogP contribution >= 0.6 is 0 Å². The Bertz CT molecular complexity index is 862. The van der Waals surface area contributed by atoms with Crippen LogP contribution in [0.3, 0.4) is 0 Å². The number of pyridine rings is 1. The third kappa shape index (κ3) is 2.94. The van der Waals surface area contributed by atoms with Gasteiger partial charge in [0.2, 0.25) is 0 Å². The first-order valence-electron chi connectivity index (χ1n) is 7.12. The number of fused-ring (bicyclic) bond motifs is 1. The highest BCUT2D eigenvalue weighted by Gasteiger charge is 2.18. The monoisotopic (exact) mass is 309 g/mol. The Morgan fingerprint density at radius 1 is 1.09 bits per heavy atom. The molecule has 3 aromatic rings. The molecule has 23 heavy (non-hydrogen) atoms. The van der Waals surface area contributed by atoms with E-state index < -0.39 is 12.1 Å². The van der Waals surface area contributed by atoms with Gasteiger partial charge in [0.15, 0.2) is 0 Å². The number of phenols is 2. The van der Waals surface area contributed by atoms with Gasteiger partial charge in [-0.15, -0.1) is 0 Å². The molecule has 3 rings (SSSR count). The number of hydrogen-bond acceptors (Lipinski definition) is 5. The number of aromatic nitrogens is 1. The Morgan fingerprint density at radius 3 is 2.57 bits per heavy atom. The van der Waals surface area contributed by atoms with E-state index in [1.807, 2.05) is 0 Å². The zero-order chi connectivity index (χ0) is 16.4. The number of carbonyl (C=O) groups is 1. The molecule has 5 heteroatoms. The largest absolute Gasteiger partial charge is 0.508 e. The zero-order valence-electron chi connectivity index (χ0n) is 12.4. The molecule has 2 N–H and O–H groups in total. The molecule has 0 aliphatic rings. The third-order valence-corrected chi connectivity index (χ3v) is 3.65. The summed E-state index contributed by atoms with van der Waals surface area (Å²) in [4.78, 5) is 16.2. The molecule has 116 valence electrons. The van der Waals surface area contributed by atoms with Gasteiger partial charge in [-0.3, -0.25) is 4.98 Å². The lowest BCUT2D eigenvalue weighted by Crippen LogP contribution is -2.09. The number of esters is 1. The normalized spacial score (nSPS) is 12.0. The molecule has 0 aliphatic carbocycles. The molecule has 0 amide bonds. The minimum Gasteiger partial charge on any atom is -0.508 e. The van der Waals surface area contributed by atoms with E-state index >= 15 is 0 Å². The predicted octanol–water partition coefficient (Wildman–Crippen LogP) is 3.56. The fourth-order valence-corrected chi connectivity index (χ4v) is 2.39. The van der Waals surface area contributed by atoms with E-state index in [0.717, 1.165) is 5.56 Å². The molecule has 5 nitrogen and oxygen atoms in total. The highest BCUT2D eigenvalue weighted by molar-refractivity contribution is 6.01. The molecule has 0 fully saturated rings. The van der Waals surface area contributed by atoms with Crippen molar-refractivity contribution in [1.82, 2.24) is 4.98 Å². The second kappa shape index (κ2) is 5.96. The van der Waals surface area contributed by atoms with E-state index in [1.54, 1.807) is 43.6 Å². The fourth-order valence-electron chi connectivity index (χ4n) is 2.39. The van der Waals surface area contributed by atoms with Crippen molar-refractivity contribution in [2.45, 2.75) is 13.0 Å². The SMILES string of the molecule is C[C@@H](OC(=O)c1ccc2cc(O)ccc2c1O)c1ccncc1. The molecular weight excluding hydrogens is 294 g/mol.